The number of esters is 1. The number of anilines is 1. The van der Waals surface area contributed by atoms with Crippen LogP contribution in [0.3, 0.4) is 0 Å². The second-order valence-corrected chi connectivity index (χ2v) is 6.85. The summed E-state index contributed by atoms with van der Waals surface area (Å²) in [7, 11) is 1.32. The molecule has 1 aliphatic rings. The van der Waals surface area contributed by atoms with Crippen molar-refractivity contribution in [3.05, 3.63) is 40.4 Å². The Balaban J connectivity index is 2.04. The first-order chi connectivity index (χ1) is 10.3. The van der Waals surface area contributed by atoms with Crippen molar-refractivity contribution in [2.45, 2.75) is 13.8 Å². The van der Waals surface area contributed by atoms with E-state index in [4.69, 9.17) is 23.2 Å². The number of nitrogens with one attached hydrogen (secondary N) is 1. The summed E-state index contributed by atoms with van der Waals surface area (Å²) in [6, 6.07) is 6.54. The molecular formula is C16H17Cl2NO3. The molecule has 0 aliphatic heterocycles. The Morgan fingerprint density at radius 2 is 1.82 bits per heavy atom. The van der Waals surface area contributed by atoms with E-state index in [1.807, 2.05) is 13.8 Å². The van der Waals surface area contributed by atoms with E-state index in [1.54, 1.807) is 30.3 Å². The summed E-state index contributed by atoms with van der Waals surface area (Å²) >= 11 is 11.4. The summed E-state index contributed by atoms with van der Waals surface area (Å²) in [5.41, 5.74) is 0.882. The molecule has 0 heterocycles. The number of allylic oxidation sites excluding steroid dienone is 1. The Morgan fingerprint density at radius 1 is 1.23 bits per heavy atom. The fraction of sp³-hybridized carbons (Fsp3) is 0.375. The van der Waals surface area contributed by atoms with Gasteiger partial charge in [-0.05, 0) is 41.7 Å². The molecule has 0 spiro atoms. The van der Waals surface area contributed by atoms with Gasteiger partial charge in [0.1, 0.15) is 4.49 Å². The van der Waals surface area contributed by atoms with Crippen LogP contribution in [0.4, 0.5) is 5.69 Å². The monoisotopic (exact) mass is 341 g/mol. The first-order valence-corrected chi connectivity index (χ1v) is 7.55. The summed E-state index contributed by atoms with van der Waals surface area (Å²) in [4.78, 5) is 23.7. The van der Waals surface area contributed by atoms with E-state index in [-0.39, 0.29) is 27.6 Å². The van der Waals surface area contributed by atoms with E-state index >= 15 is 0 Å². The molecule has 6 heteroatoms. The van der Waals surface area contributed by atoms with Crippen molar-refractivity contribution in [2.24, 2.45) is 17.3 Å². The number of benzene rings is 1. The van der Waals surface area contributed by atoms with Gasteiger partial charge in [-0.25, -0.2) is 4.79 Å². The topological polar surface area (TPSA) is 55.4 Å². The van der Waals surface area contributed by atoms with Gasteiger partial charge in [0, 0.05) is 5.69 Å². The van der Waals surface area contributed by atoms with Crippen molar-refractivity contribution >= 4 is 40.8 Å². The van der Waals surface area contributed by atoms with Gasteiger partial charge in [0.15, 0.2) is 0 Å². The van der Waals surface area contributed by atoms with Crippen LogP contribution >= 0.6 is 23.2 Å². The Labute approximate surface area is 139 Å². The third-order valence-electron chi connectivity index (χ3n) is 4.07. The largest absolute Gasteiger partial charge is 0.465 e. The lowest BCUT2D eigenvalue weighted by atomic mass is 10.1. The summed E-state index contributed by atoms with van der Waals surface area (Å²) in [6.45, 7) is 3.99. The number of hydrogen-bond acceptors (Lipinski definition) is 3. The first kappa shape index (κ1) is 16.8. The molecule has 118 valence electrons. The van der Waals surface area contributed by atoms with Crippen LogP contribution in [0.5, 0.6) is 0 Å². The minimum absolute atomic E-state index is 0.0202. The summed E-state index contributed by atoms with van der Waals surface area (Å²) < 4.78 is 4.80. The lowest BCUT2D eigenvalue weighted by Gasteiger charge is -2.07. The van der Waals surface area contributed by atoms with E-state index in [1.165, 1.54) is 7.11 Å². The van der Waals surface area contributed by atoms with Gasteiger partial charge in [0.05, 0.1) is 18.6 Å². The maximum Gasteiger partial charge on any atom is 0.337 e. The zero-order valence-electron chi connectivity index (χ0n) is 12.5. The second kappa shape index (κ2) is 6.31. The molecule has 4 nitrogen and oxygen atoms in total. The van der Waals surface area contributed by atoms with Crippen LogP contribution in [0.1, 0.15) is 24.2 Å². The van der Waals surface area contributed by atoms with Crippen LogP contribution in [0.25, 0.3) is 0 Å². The van der Waals surface area contributed by atoms with Crippen LogP contribution in [0.15, 0.2) is 34.8 Å². The highest BCUT2D eigenvalue weighted by Crippen LogP contribution is 2.59. The quantitative estimate of drug-likeness (QED) is 0.842. The van der Waals surface area contributed by atoms with Crippen molar-refractivity contribution in [3.63, 3.8) is 0 Å². The fourth-order valence-corrected chi connectivity index (χ4v) is 2.92. The predicted molar refractivity (Wildman–Crippen MR) is 87.0 cm³/mol. The molecular weight excluding hydrogens is 325 g/mol. The molecule has 1 aromatic carbocycles. The third-order valence-corrected chi connectivity index (χ3v) is 4.32. The normalized spacial score (nSPS) is 21.7. The number of ether oxygens (including phenoxy) is 1. The molecule has 0 bridgehead atoms. The van der Waals surface area contributed by atoms with Gasteiger partial charge < -0.3 is 10.1 Å². The molecule has 1 amide bonds. The molecule has 2 rings (SSSR count). The van der Waals surface area contributed by atoms with Crippen molar-refractivity contribution < 1.29 is 14.3 Å². The van der Waals surface area contributed by atoms with E-state index in [2.05, 4.69) is 10.1 Å². The highest BCUT2D eigenvalue weighted by molar-refractivity contribution is 6.55. The van der Waals surface area contributed by atoms with Gasteiger partial charge in [0.25, 0.3) is 0 Å². The zero-order chi connectivity index (χ0) is 16.5. The number of halogens is 2. The van der Waals surface area contributed by atoms with E-state index in [0.29, 0.717) is 11.3 Å². The van der Waals surface area contributed by atoms with Crippen LogP contribution in [-0.2, 0) is 9.53 Å². The average molecular weight is 342 g/mol. The molecule has 22 heavy (non-hydrogen) atoms. The van der Waals surface area contributed by atoms with Crippen molar-refractivity contribution in [1.29, 1.82) is 0 Å². The van der Waals surface area contributed by atoms with Crippen LogP contribution in [0, 0.1) is 17.3 Å². The van der Waals surface area contributed by atoms with Crippen LogP contribution in [0.2, 0.25) is 0 Å². The molecule has 0 radical (unpaired) electrons. The number of hydrogen-bond donors (Lipinski definition) is 1. The minimum atomic E-state index is -0.414. The number of methoxy groups -OCH3 is 1. The van der Waals surface area contributed by atoms with E-state index in [9.17, 15) is 9.59 Å². The lowest BCUT2D eigenvalue weighted by molar-refractivity contribution is -0.118. The van der Waals surface area contributed by atoms with Gasteiger partial charge in [-0.3, -0.25) is 4.79 Å². The highest BCUT2D eigenvalue weighted by atomic mass is 35.5. The van der Waals surface area contributed by atoms with Gasteiger partial charge in [-0.15, -0.1) is 0 Å². The molecule has 0 aromatic heterocycles. The molecule has 1 aromatic rings. The molecule has 0 saturated heterocycles. The van der Waals surface area contributed by atoms with Crippen LogP contribution in [-0.4, -0.2) is 19.0 Å². The third kappa shape index (κ3) is 3.45. The van der Waals surface area contributed by atoms with Crippen molar-refractivity contribution in [2.75, 3.05) is 12.4 Å². The smallest absolute Gasteiger partial charge is 0.337 e. The minimum Gasteiger partial charge on any atom is -0.465 e. The fourth-order valence-electron chi connectivity index (χ4n) is 2.65. The number of carbonyl (C=O) groups is 2. The van der Waals surface area contributed by atoms with Gasteiger partial charge in [-0.2, -0.15) is 0 Å². The first-order valence-electron chi connectivity index (χ1n) is 6.79. The molecule has 2 atom stereocenters. The molecule has 0 unspecified atom stereocenters. The summed E-state index contributed by atoms with van der Waals surface area (Å²) in [5.74, 6) is -0.665. The van der Waals surface area contributed by atoms with Gasteiger partial charge >= 0.3 is 5.97 Å². The second-order valence-electron chi connectivity index (χ2n) is 5.84. The predicted octanol–water partition coefficient (Wildman–Crippen LogP) is 4.00. The Hall–Kier alpha value is -1.52. The standard InChI is InChI=1S/C16H17Cl2NO3/c1-16(2)11(8-12(17)18)13(16)14(20)19-10-6-4-9(5-7-10)15(21)22-3/h4-8,11,13H,1-3H3,(H,19,20)/t11-,13+/m1/s1. The molecule has 1 saturated carbocycles. The van der Waals surface area contributed by atoms with Gasteiger partial charge in [-0.1, -0.05) is 37.0 Å². The van der Waals surface area contributed by atoms with Gasteiger partial charge in [0.2, 0.25) is 5.91 Å². The van der Waals surface area contributed by atoms with E-state index < -0.39 is 5.97 Å². The Morgan fingerprint density at radius 3 is 2.32 bits per heavy atom. The maximum atomic E-state index is 12.3. The Bertz CT molecular complexity index is 619. The number of rotatable bonds is 4. The number of amides is 1. The summed E-state index contributed by atoms with van der Waals surface area (Å²) in [5, 5.41) is 2.84. The molecule has 1 aliphatic carbocycles. The highest BCUT2D eigenvalue weighted by Gasteiger charge is 2.60. The lowest BCUT2D eigenvalue weighted by Crippen LogP contribution is -2.17. The van der Waals surface area contributed by atoms with Crippen LogP contribution < -0.4 is 5.32 Å². The average Bonchev–Trinajstić information content (AvgIpc) is 2.99. The van der Waals surface area contributed by atoms with Crippen molar-refractivity contribution in [3.8, 4) is 0 Å². The molecule has 1 N–H and O–H groups in total. The summed E-state index contributed by atoms with van der Waals surface area (Å²) in [6.07, 6.45) is 1.70. The SMILES string of the molecule is COC(=O)c1ccc(NC(=O)[C@@H]2[C@@H](C=C(Cl)Cl)C2(C)C)cc1. The zero-order valence-corrected chi connectivity index (χ0v) is 14.0. The van der Waals surface area contributed by atoms with Crippen molar-refractivity contribution in [1.82, 2.24) is 0 Å². The maximum absolute atomic E-state index is 12.3. The Kier molecular flexibility index (Phi) is 4.83. The van der Waals surface area contributed by atoms with E-state index in [0.717, 1.165) is 0 Å². The number of carbonyl (C=O) groups excluding carboxylic acids is 2. The molecule has 1 fully saturated rings.